The van der Waals surface area contributed by atoms with Gasteiger partial charge in [-0.05, 0) is 131 Å². The molecule has 2 aliphatic rings. The maximum Gasteiger partial charge on any atom is 0.333 e. The SMILES string of the molecule is C=C(C)CC(=O)OCCCc1cc(C2CCC(C3CCC(CCCCCCCCC)CC3)CC2)cc(CCCOC(=O)C(=C)C)c1OCCC(CO)(CO)CCC. The molecule has 0 atom stereocenters. The van der Waals surface area contributed by atoms with Gasteiger partial charge >= 0.3 is 11.9 Å². The first-order chi connectivity index (χ1) is 27.5. The van der Waals surface area contributed by atoms with E-state index in [0.717, 1.165) is 53.0 Å². The van der Waals surface area contributed by atoms with E-state index in [-0.39, 0.29) is 31.6 Å². The second kappa shape index (κ2) is 27.2. The maximum atomic E-state index is 12.3. The van der Waals surface area contributed by atoms with Gasteiger partial charge in [-0.25, -0.2) is 4.79 Å². The van der Waals surface area contributed by atoms with Crippen molar-refractivity contribution in [1.82, 2.24) is 0 Å². The number of rotatable bonds is 29. The number of esters is 2. The van der Waals surface area contributed by atoms with Crippen LogP contribution in [-0.4, -0.2) is 55.2 Å². The number of carbonyl (C=O) groups excluding carboxylic acids is 2. The van der Waals surface area contributed by atoms with E-state index in [4.69, 9.17) is 14.2 Å². The van der Waals surface area contributed by atoms with Gasteiger partial charge in [0.15, 0.2) is 0 Å². The van der Waals surface area contributed by atoms with E-state index in [1.54, 1.807) is 6.92 Å². The minimum atomic E-state index is -0.589. The third-order valence-corrected chi connectivity index (χ3v) is 13.1. The molecule has 0 unspecified atom stereocenters. The van der Waals surface area contributed by atoms with Crippen LogP contribution in [0.4, 0.5) is 0 Å². The molecule has 0 saturated heterocycles. The number of hydrogen-bond acceptors (Lipinski definition) is 7. The zero-order valence-electron chi connectivity index (χ0n) is 36.8. The van der Waals surface area contributed by atoms with Crippen LogP contribution in [-0.2, 0) is 31.9 Å². The molecule has 2 N–H and O–H groups in total. The van der Waals surface area contributed by atoms with Crippen molar-refractivity contribution >= 4 is 11.9 Å². The molecule has 324 valence electrons. The van der Waals surface area contributed by atoms with Crippen molar-refractivity contribution in [3.8, 4) is 5.75 Å². The van der Waals surface area contributed by atoms with E-state index in [1.165, 1.54) is 108 Å². The lowest BCUT2D eigenvalue weighted by molar-refractivity contribution is -0.143. The molecule has 2 fully saturated rings. The molecule has 0 heterocycles. The molecule has 3 rings (SSSR count). The highest BCUT2D eigenvalue weighted by Crippen LogP contribution is 2.46. The molecule has 0 aromatic heterocycles. The van der Waals surface area contributed by atoms with Gasteiger partial charge < -0.3 is 24.4 Å². The summed E-state index contributed by atoms with van der Waals surface area (Å²) in [5.74, 6) is 3.35. The lowest BCUT2D eigenvalue weighted by Crippen LogP contribution is -2.31. The number of ether oxygens (including phenoxy) is 3. The summed E-state index contributed by atoms with van der Waals surface area (Å²) in [6.45, 7) is 16.2. The van der Waals surface area contributed by atoms with Crippen LogP contribution in [0.1, 0.15) is 192 Å². The summed E-state index contributed by atoms with van der Waals surface area (Å²) in [4.78, 5) is 24.4. The summed E-state index contributed by atoms with van der Waals surface area (Å²) < 4.78 is 17.7. The van der Waals surface area contributed by atoms with Crippen LogP contribution in [0.5, 0.6) is 5.75 Å². The van der Waals surface area contributed by atoms with Crippen LogP contribution in [0.25, 0.3) is 0 Å². The Kier molecular flexibility index (Phi) is 23.2. The first-order valence-corrected chi connectivity index (χ1v) is 23.2. The Morgan fingerprint density at radius 2 is 1.26 bits per heavy atom. The van der Waals surface area contributed by atoms with E-state index in [9.17, 15) is 19.8 Å². The van der Waals surface area contributed by atoms with E-state index >= 15 is 0 Å². The Morgan fingerprint density at radius 3 is 1.81 bits per heavy atom. The fourth-order valence-corrected chi connectivity index (χ4v) is 9.52. The highest BCUT2D eigenvalue weighted by atomic mass is 16.5. The van der Waals surface area contributed by atoms with Crippen molar-refractivity contribution in [1.29, 1.82) is 0 Å². The van der Waals surface area contributed by atoms with Gasteiger partial charge in [0.05, 0.1) is 39.5 Å². The number of unbranched alkanes of at least 4 members (excludes halogenated alkanes) is 6. The minimum Gasteiger partial charge on any atom is -0.493 e. The smallest absolute Gasteiger partial charge is 0.333 e. The number of benzene rings is 1. The summed E-state index contributed by atoms with van der Waals surface area (Å²) in [5, 5.41) is 20.5. The van der Waals surface area contributed by atoms with Gasteiger partial charge in [-0.2, -0.15) is 0 Å². The Labute approximate surface area is 347 Å². The molecule has 0 spiro atoms. The molecule has 0 bridgehead atoms. The predicted molar refractivity (Wildman–Crippen MR) is 234 cm³/mol. The molecule has 7 nitrogen and oxygen atoms in total. The van der Waals surface area contributed by atoms with Crippen LogP contribution < -0.4 is 4.74 Å². The highest BCUT2D eigenvalue weighted by Gasteiger charge is 2.32. The fraction of sp³-hybridized carbons (Fsp3) is 0.760. The normalized spacial score (nSPS) is 19.9. The minimum absolute atomic E-state index is 0.0909. The molecule has 0 aliphatic heterocycles. The largest absolute Gasteiger partial charge is 0.493 e. The first kappa shape index (κ1) is 48.7. The number of aliphatic hydroxyl groups excluding tert-OH is 2. The van der Waals surface area contributed by atoms with Crippen LogP contribution in [0.2, 0.25) is 0 Å². The molecule has 0 amide bonds. The van der Waals surface area contributed by atoms with Gasteiger partial charge in [-0.15, -0.1) is 0 Å². The zero-order chi connectivity index (χ0) is 41.5. The lowest BCUT2D eigenvalue weighted by atomic mass is 9.67. The average molecular weight is 795 g/mol. The molecule has 0 radical (unpaired) electrons. The van der Waals surface area contributed by atoms with Gasteiger partial charge in [-0.3, -0.25) is 4.79 Å². The average Bonchev–Trinajstić information content (AvgIpc) is 3.20. The summed E-state index contributed by atoms with van der Waals surface area (Å²) >= 11 is 0. The number of hydrogen-bond donors (Lipinski definition) is 2. The van der Waals surface area contributed by atoms with Crippen LogP contribution in [0.3, 0.4) is 0 Å². The summed E-state index contributed by atoms with van der Waals surface area (Å²) in [7, 11) is 0. The Morgan fingerprint density at radius 1 is 0.702 bits per heavy atom. The third-order valence-electron chi connectivity index (χ3n) is 13.1. The summed E-state index contributed by atoms with van der Waals surface area (Å²) in [5.41, 5.74) is 4.15. The van der Waals surface area contributed by atoms with Crippen molar-refractivity contribution in [3.63, 3.8) is 0 Å². The number of aryl methyl sites for hydroxylation is 2. The van der Waals surface area contributed by atoms with E-state index in [2.05, 4.69) is 39.1 Å². The number of aliphatic hydroxyl groups is 2. The molecule has 2 saturated carbocycles. The van der Waals surface area contributed by atoms with E-state index < -0.39 is 5.41 Å². The van der Waals surface area contributed by atoms with Gasteiger partial charge in [0.2, 0.25) is 0 Å². The Balaban J connectivity index is 1.72. The third kappa shape index (κ3) is 17.6. The molecule has 1 aromatic rings. The molecule has 1 aromatic carbocycles. The topological polar surface area (TPSA) is 102 Å². The molecular formula is C50H82O7. The van der Waals surface area contributed by atoms with Crippen LogP contribution in [0, 0.1) is 23.2 Å². The lowest BCUT2D eigenvalue weighted by Gasteiger charge is -2.38. The van der Waals surface area contributed by atoms with Gasteiger partial charge in [0.25, 0.3) is 0 Å². The monoisotopic (exact) mass is 795 g/mol. The zero-order valence-corrected chi connectivity index (χ0v) is 36.8. The molecule has 7 heteroatoms. The van der Waals surface area contributed by atoms with E-state index in [0.29, 0.717) is 63.4 Å². The van der Waals surface area contributed by atoms with Crippen molar-refractivity contribution < 1.29 is 34.0 Å². The summed E-state index contributed by atoms with van der Waals surface area (Å²) in [6.07, 6.45) is 26.9. The highest BCUT2D eigenvalue weighted by molar-refractivity contribution is 5.86. The van der Waals surface area contributed by atoms with Gasteiger partial charge in [0.1, 0.15) is 5.75 Å². The van der Waals surface area contributed by atoms with Crippen molar-refractivity contribution in [2.45, 2.75) is 188 Å². The predicted octanol–water partition coefficient (Wildman–Crippen LogP) is 11.9. The molecular weight excluding hydrogens is 713 g/mol. The van der Waals surface area contributed by atoms with Crippen molar-refractivity contribution in [3.05, 3.63) is 53.1 Å². The maximum absolute atomic E-state index is 12.3. The quantitative estimate of drug-likeness (QED) is 0.0360. The number of carbonyl (C=O) groups is 2. The molecule has 2 aliphatic carbocycles. The fourth-order valence-electron chi connectivity index (χ4n) is 9.52. The Bertz CT molecular complexity index is 1330. The first-order valence-electron chi connectivity index (χ1n) is 23.2. The van der Waals surface area contributed by atoms with Gasteiger partial charge in [0, 0.05) is 11.0 Å². The van der Waals surface area contributed by atoms with E-state index in [1.807, 2.05) is 6.92 Å². The molecule has 57 heavy (non-hydrogen) atoms. The summed E-state index contributed by atoms with van der Waals surface area (Å²) in [6, 6.07) is 4.68. The standard InChI is InChI=1S/C50H82O7/c1-7-9-10-11-12-13-14-17-40-20-22-41(23-21-40)42-24-26-43(27-25-42)46-34-44(18-15-30-55-47(53)33-38(3)4)48(56-32-29-50(36-51,37-52)28-8-2)45(35-46)19-16-31-57-49(54)39(5)6/h34-35,40-43,51-52H,3,5,7-33,36-37H2,1-2,4,6H3. The second-order valence-corrected chi connectivity index (χ2v) is 18.1. The van der Waals surface area contributed by atoms with Crippen LogP contribution in [0.15, 0.2) is 36.4 Å². The van der Waals surface area contributed by atoms with Crippen molar-refractivity contribution in [2.24, 2.45) is 23.2 Å². The Hall–Kier alpha value is -2.64. The van der Waals surface area contributed by atoms with Gasteiger partial charge in [-0.1, -0.05) is 115 Å². The van der Waals surface area contributed by atoms with Crippen LogP contribution >= 0.6 is 0 Å². The second-order valence-electron chi connectivity index (χ2n) is 18.1. The van der Waals surface area contributed by atoms with Crippen molar-refractivity contribution in [2.75, 3.05) is 33.0 Å².